The molecule has 0 aliphatic rings. The summed E-state index contributed by atoms with van der Waals surface area (Å²) < 4.78 is 10.5. The van der Waals surface area contributed by atoms with Crippen LogP contribution in [-0.4, -0.2) is 43.4 Å². The van der Waals surface area contributed by atoms with Crippen LogP contribution in [0.25, 0.3) is 10.8 Å². The van der Waals surface area contributed by atoms with Gasteiger partial charge < -0.3 is 19.7 Å². The average Bonchev–Trinajstić information content (AvgIpc) is 2.61. The molecule has 2 N–H and O–H groups in total. The Morgan fingerprint density at radius 3 is 2.54 bits per heavy atom. The Kier molecular flexibility index (Phi) is 7.66. The number of ether oxygens (including phenoxy) is 2. The van der Waals surface area contributed by atoms with Crippen molar-refractivity contribution in [3.05, 3.63) is 48.0 Å². The van der Waals surface area contributed by atoms with Crippen molar-refractivity contribution in [1.82, 2.24) is 0 Å². The highest BCUT2D eigenvalue weighted by Gasteiger charge is 2.20. The summed E-state index contributed by atoms with van der Waals surface area (Å²) >= 11 is 0. The maximum absolute atomic E-state index is 9.84. The standard InChI is InChI=1S/C20H28O4/c1-15(20(22)12-21)9-17(13-24-14-23-2)10-16-7-8-18-5-3-4-6-19(18)11-16/h3-8,11,15,17,20-22H,9-10,12-14H2,1-2H3/t15-,17+,20+/m0/s1. The topological polar surface area (TPSA) is 58.9 Å². The van der Waals surface area contributed by atoms with E-state index in [0.29, 0.717) is 6.61 Å². The first-order chi connectivity index (χ1) is 11.6. The molecular formula is C20H28O4. The number of aliphatic hydroxyl groups is 2. The second-order valence-corrected chi connectivity index (χ2v) is 6.49. The highest BCUT2D eigenvalue weighted by molar-refractivity contribution is 5.82. The van der Waals surface area contributed by atoms with Gasteiger partial charge in [0.25, 0.3) is 0 Å². The largest absolute Gasteiger partial charge is 0.394 e. The molecule has 0 radical (unpaired) electrons. The molecule has 0 aromatic heterocycles. The fraction of sp³-hybridized carbons (Fsp3) is 0.500. The molecule has 0 spiro atoms. The summed E-state index contributed by atoms with van der Waals surface area (Å²) in [5.41, 5.74) is 1.26. The van der Waals surface area contributed by atoms with Crippen LogP contribution < -0.4 is 0 Å². The number of rotatable bonds is 10. The smallest absolute Gasteiger partial charge is 0.146 e. The van der Waals surface area contributed by atoms with Gasteiger partial charge in [-0.3, -0.25) is 0 Å². The molecular weight excluding hydrogens is 304 g/mol. The van der Waals surface area contributed by atoms with Crippen LogP contribution in [-0.2, 0) is 15.9 Å². The second kappa shape index (κ2) is 9.74. The van der Waals surface area contributed by atoms with Gasteiger partial charge in [0.2, 0.25) is 0 Å². The van der Waals surface area contributed by atoms with Gasteiger partial charge >= 0.3 is 0 Å². The predicted molar refractivity (Wildman–Crippen MR) is 95.8 cm³/mol. The number of methoxy groups -OCH3 is 1. The molecule has 0 heterocycles. The summed E-state index contributed by atoms with van der Waals surface area (Å²) in [5, 5.41) is 21.4. The SMILES string of the molecule is COCOC[C@@H](Cc1ccc2ccccc2c1)C[C@H](C)[C@H](O)CO. The quantitative estimate of drug-likeness (QED) is 0.519. The highest BCUT2D eigenvalue weighted by Crippen LogP contribution is 2.23. The lowest BCUT2D eigenvalue weighted by Gasteiger charge is -2.24. The Hall–Kier alpha value is -1.46. The molecule has 2 aromatic carbocycles. The first kappa shape index (κ1) is 18.9. The fourth-order valence-electron chi connectivity index (χ4n) is 3.07. The van der Waals surface area contributed by atoms with E-state index in [2.05, 4.69) is 30.3 Å². The van der Waals surface area contributed by atoms with Crippen LogP contribution in [0.4, 0.5) is 0 Å². The normalized spacial score (nSPS) is 15.3. The van der Waals surface area contributed by atoms with Gasteiger partial charge in [0, 0.05) is 7.11 Å². The Balaban J connectivity index is 2.06. The maximum Gasteiger partial charge on any atom is 0.146 e. The van der Waals surface area contributed by atoms with E-state index in [-0.39, 0.29) is 25.2 Å². The molecule has 0 bridgehead atoms. The van der Waals surface area contributed by atoms with E-state index in [4.69, 9.17) is 14.6 Å². The minimum atomic E-state index is -0.688. The molecule has 0 aliphatic heterocycles. The Bertz CT molecular complexity index is 613. The van der Waals surface area contributed by atoms with Gasteiger partial charge in [-0.05, 0) is 41.0 Å². The van der Waals surface area contributed by atoms with E-state index in [0.717, 1.165) is 12.8 Å². The molecule has 0 fully saturated rings. The Labute approximate surface area is 144 Å². The van der Waals surface area contributed by atoms with E-state index in [1.807, 2.05) is 19.1 Å². The summed E-state index contributed by atoms with van der Waals surface area (Å²) in [5.74, 6) is 0.282. The van der Waals surface area contributed by atoms with E-state index in [1.54, 1.807) is 7.11 Å². The van der Waals surface area contributed by atoms with Crippen molar-refractivity contribution < 1.29 is 19.7 Å². The molecule has 0 saturated heterocycles. The van der Waals surface area contributed by atoms with E-state index >= 15 is 0 Å². The van der Waals surface area contributed by atoms with Gasteiger partial charge in [0.15, 0.2) is 0 Å². The van der Waals surface area contributed by atoms with Gasteiger partial charge in [-0.25, -0.2) is 0 Å². The zero-order valence-corrected chi connectivity index (χ0v) is 14.5. The second-order valence-electron chi connectivity index (χ2n) is 6.49. The first-order valence-electron chi connectivity index (χ1n) is 8.47. The van der Waals surface area contributed by atoms with Crippen molar-refractivity contribution in [3.8, 4) is 0 Å². The highest BCUT2D eigenvalue weighted by atomic mass is 16.7. The number of benzene rings is 2. The summed E-state index contributed by atoms with van der Waals surface area (Å²) in [6.45, 7) is 2.60. The van der Waals surface area contributed by atoms with Gasteiger partial charge in [-0.1, -0.05) is 49.4 Å². The minimum Gasteiger partial charge on any atom is -0.394 e. The van der Waals surface area contributed by atoms with Crippen LogP contribution in [0.5, 0.6) is 0 Å². The summed E-state index contributed by atoms with van der Waals surface area (Å²) in [4.78, 5) is 0. The third kappa shape index (κ3) is 5.56. The molecule has 0 aliphatic carbocycles. The van der Waals surface area contributed by atoms with Crippen LogP contribution in [0.1, 0.15) is 18.9 Å². The van der Waals surface area contributed by atoms with Crippen LogP contribution in [0.2, 0.25) is 0 Å². The van der Waals surface area contributed by atoms with Crippen molar-refractivity contribution in [2.24, 2.45) is 11.8 Å². The lowest BCUT2D eigenvalue weighted by atomic mass is 9.87. The van der Waals surface area contributed by atoms with Crippen LogP contribution >= 0.6 is 0 Å². The van der Waals surface area contributed by atoms with Gasteiger partial charge in [-0.2, -0.15) is 0 Å². The third-order valence-electron chi connectivity index (χ3n) is 4.44. The van der Waals surface area contributed by atoms with E-state index in [1.165, 1.54) is 16.3 Å². The minimum absolute atomic E-state index is 0.0200. The molecule has 3 atom stereocenters. The molecule has 0 unspecified atom stereocenters. The summed E-state index contributed by atoms with van der Waals surface area (Å²) in [6.07, 6.45) is 0.974. The number of hydrogen-bond acceptors (Lipinski definition) is 4. The van der Waals surface area contributed by atoms with Gasteiger partial charge in [0.05, 0.1) is 19.3 Å². The molecule has 4 nitrogen and oxygen atoms in total. The average molecular weight is 332 g/mol. The predicted octanol–water partition coefficient (Wildman–Crippen LogP) is 3.00. The third-order valence-corrected chi connectivity index (χ3v) is 4.44. The fourth-order valence-corrected chi connectivity index (χ4v) is 3.07. The zero-order chi connectivity index (χ0) is 17.4. The molecule has 0 amide bonds. The van der Waals surface area contributed by atoms with E-state index < -0.39 is 6.10 Å². The molecule has 132 valence electrons. The van der Waals surface area contributed by atoms with Crippen molar-refractivity contribution in [2.45, 2.75) is 25.9 Å². The number of fused-ring (bicyclic) bond motifs is 1. The van der Waals surface area contributed by atoms with Crippen LogP contribution in [0.15, 0.2) is 42.5 Å². The molecule has 4 heteroatoms. The van der Waals surface area contributed by atoms with Crippen molar-refractivity contribution >= 4 is 10.8 Å². The molecule has 2 rings (SSSR count). The van der Waals surface area contributed by atoms with Crippen molar-refractivity contribution in [2.75, 3.05) is 27.1 Å². The lowest BCUT2D eigenvalue weighted by Crippen LogP contribution is -2.26. The first-order valence-corrected chi connectivity index (χ1v) is 8.47. The van der Waals surface area contributed by atoms with Gasteiger partial charge in [0.1, 0.15) is 6.79 Å². The van der Waals surface area contributed by atoms with Gasteiger partial charge in [-0.15, -0.1) is 0 Å². The summed E-state index contributed by atoms with van der Waals surface area (Å²) in [6, 6.07) is 14.8. The maximum atomic E-state index is 9.84. The van der Waals surface area contributed by atoms with E-state index in [9.17, 15) is 5.11 Å². The monoisotopic (exact) mass is 332 g/mol. The zero-order valence-electron chi connectivity index (χ0n) is 14.5. The number of hydrogen-bond donors (Lipinski definition) is 2. The Morgan fingerprint density at radius 2 is 1.83 bits per heavy atom. The number of aliphatic hydroxyl groups excluding tert-OH is 2. The molecule has 2 aromatic rings. The molecule has 24 heavy (non-hydrogen) atoms. The Morgan fingerprint density at radius 1 is 1.08 bits per heavy atom. The van der Waals surface area contributed by atoms with Crippen LogP contribution in [0, 0.1) is 11.8 Å². The lowest BCUT2D eigenvalue weighted by molar-refractivity contribution is -0.0488. The molecule has 0 saturated carbocycles. The van der Waals surface area contributed by atoms with Crippen molar-refractivity contribution in [1.29, 1.82) is 0 Å². The summed E-state index contributed by atoms with van der Waals surface area (Å²) in [7, 11) is 1.61. The van der Waals surface area contributed by atoms with Crippen LogP contribution in [0.3, 0.4) is 0 Å². The van der Waals surface area contributed by atoms with Crippen molar-refractivity contribution in [3.63, 3.8) is 0 Å².